The molecule has 2 aromatic rings. The number of halogens is 5. The predicted octanol–water partition coefficient (Wildman–Crippen LogP) is 4.69. The normalized spacial score (nSPS) is 11.6. The molecule has 0 radical (unpaired) electrons. The third-order valence-electron chi connectivity index (χ3n) is 2.13. The molecule has 0 fully saturated rings. The lowest BCUT2D eigenvalue weighted by Crippen LogP contribution is -2.09. The summed E-state index contributed by atoms with van der Waals surface area (Å²) < 4.78 is 38.6. The minimum atomic E-state index is -4.49. The highest BCUT2D eigenvalue weighted by molar-refractivity contribution is 9.10. The molecule has 0 aliphatic heterocycles. The van der Waals surface area contributed by atoms with Crippen LogP contribution in [0.3, 0.4) is 0 Å². The van der Waals surface area contributed by atoms with E-state index in [-0.39, 0.29) is 10.4 Å². The first kappa shape index (κ1) is 13.5. The molecule has 0 N–H and O–H groups in total. The first-order chi connectivity index (χ1) is 8.36. The van der Waals surface area contributed by atoms with E-state index < -0.39 is 11.9 Å². The van der Waals surface area contributed by atoms with E-state index in [9.17, 15) is 13.2 Å². The van der Waals surface area contributed by atoms with Gasteiger partial charge in [0.15, 0.2) is 4.73 Å². The summed E-state index contributed by atoms with van der Waals surface area (Å²) in [6.45, 7) is 0. The topological polar surface area (TPSA) is 25.8 Å². The fraction of sp³-hybridized carbons (Fsp3) is 0.0909. The Kier molecular flexibility index (Phi) is 3.72. The molecule has 0 amide bonds. The van der Waals surface area contributed by atoms with Gasteiger partial charge in [-0.3, -0.25) is 0 Å². The van der Waals surface area contributed by atoms with Crippen LogP contribution in [0.25, 0.3) is 11.3 Å². The van der Waals surface area contributed by atoms with Gasteiger partial charge in [-0.2, -0.15) is 13.2 Å². The summed E-state index contributed by atoms with van der Waals surface area (Å²) in [7, 11) is 0. The molecule has 1 aromatic heterocycles. The predicted molar refractivity (Wildman–Crippen MR) is 67.9 cm³/mol. The third kappa shape index (κ3) is 3.08. The third-order valence-corrected chi connectivity index (χ3v) is 3.01. The molecule has 0 unspecified atom stereocenters. The van der Waals surface area contributed by atoms with E-state index in [1.54, 1.807) is 24.3 Å². The maximum absolute atomic E-state index is 12.6. The van der Waals surface area contributed by atoms with Crippen LogP contribution in [0.4, 0.5) is 13.2 Å². The molecule has 94 valence electrons. The van der Waals surface area contributed by atoms with Crippen LogP contribution in [0, 0.1) is 0 Å². The number of benzene rings is 1. The molecule has 1 aromatic carbocycles. The molecular formula is C11H5Br2F3N2. The fourth-order valence-electron chi connectivity index (χ4n) is 1.33. The molecule has 0 saturated carbocycles. The Hall–Kier alpha value is -0.950. The highest BCUT2D eigenvalue weighted by Gasteiger charge is 2.33. The van der Waals surface area contributed by atoms with Crippen molar-refractivity contribution in [1.82, 2.24) is 9.97 Å². The van der Waals surface area contributed by atoms with Gasteiger partial charge in [0, 0.05) is 10.0 Å². The zero-order valence-corrected chi connectivity index (χ0v) is 11.8. The molecule has 0 atom stereocenters. The number of hydrogen-bond acceptors (Lipinski definition) is 2. The van der Waals surface area contributed by atoms with Gasteiger partial charge in [0.1, 0.15) is 5.69 Å². The molecule has 18 heavy (non-hydrogen) atoms. The van der Waals surface area contributed by atoms with Gasteiger partial charge >= 0.3 is 6.18 Å². The van der Waals surface area contributed by atoms with Crippen molar-refractivity contribution in [3.05, 3.63) is 45.2 Å². The molecule has 2 nitrogen and oxygen atoms in total. The summed E-state index contributed by atoms with van der Waals surface area (Å²) in [5.41, 5.74) is -0.161. The lowest BCUT2D eigenvalue weighted by molar-refractivity contribution is -0.141. The SMILES string of the molecule is FC(F)(F)c1cc(-c2ccc(Br)cc2)nc(Br)n1. The van der Waals surface area contributed by atoms with Crippen molar-refractivity contribution >= 4 is 31.9 Å². The van der Waals surface area contributed by atoms with E-state index in [2.05, 4.69) is 41.8 Å². The number of aromatic nitrogens is 2. The monoisotopic (exact) mass is 380 g/mol. The van der Waals surface area contributed by atoms with E-state index >= 15 is 0 Å². The van der Waals surface area contributed by atoms with Crippen LogP contribution in [0.15, 0.2) is 39.5 Å². The number of nitrogens with zero attached hydrogens (tertiary/aromatic N) is 2. The van der Waals surface area contributed by atoms with Gasteiger partial charge in [-0.05, 0) is 34.1 Å². The molecule has 7 heteroatoms. The highest BCUT2D eigenvalue weighted by atomic mass is 79.9. The average Bonchev–Trinajstić information content (AvgIpc) is 2.28. The zero-order chi connectivity index (χ0) is 13.3. The van der Waals surface area contributed by atoms with Crippen LogP contribution < -0.4 is 0 Å². The Labute approximate surface area is 118 Å². The molecule has 0 saturated heterocycles. The van der Waals surface area contributed by atoms with E-state index in [1.807, 2.05) is 0 Å². The molecule has 1 heterocycles. The zero-order valence-electron chi connectivity index (χ0n) is 8.67. The summed E-state index contributed by atoms with van der Waals surface area (Å²) in [6.07, 6.45) is -4.49. The smallest absolute Gasteiger partial charge is 0.222 e. The summed E-state index contributed by atoms with van der Waals surface area (Å²) in [4.78, 5) is 7.26. The second-order valence-corrected chi connectivity index (χ2v) is 5.04. The second-order valence-electron chi connectivity index (χ2n) is 3.41. The summed E-state index contributed by atoms with van der Waals surface area (Å²) in [5, 5.41) is 0. The van der Waals surface area contributed by atoms with Crippen LogP contribution >= 0.6 is 31.9 Å². The molecule has 0 aliphatic rings. The van der Waals surface area contributed by atoms with Crippen molar-refractivity contribution < 1.29 is 13.2 Å². The lowest BCUT2D eigenvalue weighted by atomic mass is 10.1. The van der Waals surface area contributed by atoms with Crippen molar-refractivity contribution in [3.8, 4) is 11.3 Å². The van der Waals surface area contributed by atoms with Crippen LogP contribution in [-0.4, -0.2) is 9.97 Å². The highest BCUT2D eigenvalue weighted by Crippen LogP contribution is 2.31. The van der Waals surface area contributed by atoms with E-state index in [1.165, 1.54) is 0 Å². The second kappa shape index (κ2) is 4.97. The Balaban J connectivity index is 2.52. The Bertz CT molecular complexity index is 567. The molecule has 0 aliphatic carbocycles. The van der Waals surface area contributed by atoms with Gasteiger partial charge < -0.3 is 0 Å². The maximum atomic E-state index is 12.6. The Morgan fingerprint density at radius 1 is 0.944 bits per heavy atom. The quantitative estimate of drug-likeness (QED) is 0.670. The van der Waals surface area contributed by atoms with Crippen molar-refractivity contribution in [1.29, 1.82) is 0 Å². The van der Waals surface area contributed by atoms with Crippen LogP contribution in [-0.2, 0) is 6.18 Å². The number of alkyl halides is 3. The first-order valence-electron chi connectivity index (χ1n) is 4.74. The maximum Gasteiger partial charge on any atom is 0.433 e. The van der Waals surface area contributed by atoms with Crippen LogP contribution in [0.2, 0.25) is 0 Å². The Morgan fingerprint density at radius 3 is 2.11 bits per heavy atom. The summed E-state index contributed by atoms with van der Waals surface area (Å²) in [5.74, 6) is 0. The van der Waals surface area contributed by atoms with Crippen LogP contribution in [0.5, 0.6) is 0 Å². The lowest BCUT2D eigenvalue weighted by Gasteiger charge is -2.08. The van der Waals surface area contributed by atoms with Gasteiger partial charge in [0.05, 0.1) is 5.69 Å². The minimum absolute atomic E-state index is 0.0877. The number of rotatable bonds is 1. The van der Waals surface area contributed by atoms with Gasteiger partial charge in [-0.25, -0.2) is 9.97 Å². The summed E-state index contributed by atoms with van der Waals surface area (Å²) in [6, 6.07) is 7.75. The van der Waals surface area contributed by atoms with Crippen LogP contribution in [0.1, 0.15) is 5.69 Å². The van der Waals surface area contributed by atoms with Gasteiger partial charge in [-0.15, -0.1) is 0 Å². The molecule has 2 rings (SSSR count). The van der Waals surface area contributed by atoms with E-state index in [0.717, 1.165) is 10.5 Å². The first-order valence-corrected chi connectivity index (χ1v) is 6.32. The van der Waals surface area contributed by atoms with Crippen molar-refractivity contribution in [2.24, 2.45) is 0 Å². The number of hydrogen-bond donors (Lipinski definition) is 0. The molecule has 0 spiro atoms. The largest absolute Gasteiger partial charge is 0.433 e. The van der Waals surface area contributed by atoms with Gasteiger partial charge in [0.2, 0.25) is 0 Å². The minimum Gasteiger partial charge on any atom is -0.222 e. The molecule has 0 bridgehead atoms. The van der Waals surface area contributed by atoms with E-state index in [0.29, 0.717) is 5.56 Å². The molecular weight excluding hydrogens is 377 g/mol. The average molecular weight is 382 g/mol. The van der Waals surface area contributed by atoms with Gasteiger partial charge in [-0.1, -0.05) is 28.1 Å². The van der Waals surface area contributed by atoms with Crippen molar-refractivity contribution in [3.63, 3.8) is 0 Å². The Morgan fingerprint density at radius 2 is 1.56 bits per heavy atom. The summed E-state index contributed by atoms with van der Waals surface area (Å²) >= 11 is 6.14. The van der Waals surface area contributed by atoms with Gasteiger partial charge in [0.25, 0.3) is 0 Å². The van der Waals surface area contributed by atoms with Crippen molar-refractivity contribution in [2.45, 2.75) is 6.18 Å². The fourth-order valence-corrected chi connectivity index (χ4v) is 1.98. The van der Waals surface area contributed by atoms with E-state index in [4.69, 9.17) is 0 Å². The van der Waals surface area contributed by atoms with Crippen molar-refractivity contribution in [2.75, 3.05) is 0 Å². The standard InChI is InChI=1S/C11H5Br2F3N2/c12-7-3-1-6(2-4-7)8-5-9(11(14,15)16)18-10(13)17-8/h1-5H.